The van der Waals surface area contributed by atoms with Gasteiger partial charge in [-0.15, -0.1) is 0 Å². The first-order valence-corrected chi connectivity index (χ1v) is 7.24. The highest BCUT2D eigenvalue weighted by Crippen LogP contribution is 2.04. The van der Waals surface area contributed by atoms with Crippen LogP contribution in [0.3, 0.4) is 0 Å². The van der Waals surface area contributed by atoms with Crippen LogP contribution in [0.5, 0.6) is 0 Å². The molecule has 1 heterocycles. The van der Waals surface area contributed by atoms with Crippen molar-refractivity contribution < 1.29 is 14.0 Å². The molecule has 0 spiro atoms. The first-order chi connectivity index (χ1) is 11.1. The largest absolute Gasteiger partial charge is 0.350 e. The normalized spacial score (nSPS) is 10.2. The summed E-state index contributed by atoms with van der Waals surface area (Å²) in [5, 5.41) is 2.72. The van der Waals surface area contributed by atoms with Gasteiger partial charge in [-0.25, -0.2) is 4.39 Å². The Kier molecular flexibility index (Phi) is 5.80. The summed E-state index contributed by atoms with van der Waals surface area (Å²) in [5.74, 6) is -0.753. The molecule has 0 saturated heterocycles. The molecule has 0 unspecified atom stereocenters. The molecule has 0 fully saturated rings. The van der Waals surface area contributed by atoms with Crippen molar-refractivity contribution in [3.05, 3.63) is 65.7 Å². The third kappa shape index (κ3) is 5.18. The van der Waals surface area contributed by atoms with Crippen LogP contribution in [0.1, 0.15) is 22.8 Å². The maximum Gasteiger partial charge on any atom is 0.251 e. The molecule has 0 aliphatic carbocycles. The maximum absolute atomic E-state index is 12.8. The van der Waals surface area contributed by atoms with Crippen molar-refractivity contribution in [3.63, 3.8) is 0 Å². The topological polar surface area (TPSA) is 62.3 Å². The van der Waals surface area contributed by atoms with Crippen LogP contribution in [0.15, 0.2) is 48.8 Å². The third-order valence-electron chi connectivity index (χ3n) is 3.34. The van der Waals surface area contributed by atoms with Crippen LogP contribution >= 0.6 is 0 Å². The molecule has 2 aromatic rings. The van der Waals surface area contributed by atoms with Crippen molar-refractivity contribution in [3.8, 4) is 0 Å². The van der Waals surface area contributed by atoms with E-state index in [9.17, 15) is 14.0 Å². The highest BCUT2D eigenvalue weighted by atomic mass is 19.1. The first kappa shape index (κ1) is 16.6. The third-order valence-corrected chi connectivity index (χ3v) is 3.34. The summed E-state index contributed by atoms with van der Waals surface area (Å²) in [6.07, 6.45) is 3.34. The maximum atomic E-state index is 12.8. The fourth-order valence-corrected chi connectivity index (χ4v) is 2.06. The number of carbonyl (C=O) groups excluding carboxylic acids is 2. The number of nitrogens with zero attached hydrogens (tertiary/aromatic N) is 2. The SMILES string of the molecule is CC(=O)N(CCNC(=O)c1ccc(F)cc1)Cc1ccncc1. The van der Waals surface area contributed by atoms with E-state index in [0.29, 0.717) is 25.2 Å². The first-order valence-electron chi connectivity index (χ1n) is 7.24. The molecule has 5 nitrogen and oxygen atoms in total. The van der Waals surface area contributed by atoms with Crippen molar-refractivity contribution >= 4 is 11.8 Å². The number of halogens is 1. The smallest absolute Gasteiger partial charge is 0.251 e. The average molecular weight is 315 g/mol. The Morgan fingerprint density at radius 3 is 2.39 bits per heavy atom. The van der Waals surface area contributed by atoms with Gasteiger partial charge in [-0.05, 0) is 42.0 Å². The Balaban J connectivity index is 1.85. The molecule has 1 aromatic heterocycles. The van der Waals surface area contributed by atoms with E-state index in [1.807, 2.05) is 12.1 Å². The van der Waals surface area contributed by atoms with Crippen LogP contribution in [0.2, 0.25) is 0 Å². The van der Waals surface area contributed by atoms with E-state index >= 15 is 0 Å². The number of aromatic nitrogens is 1. The Hall–Kier alpha value is -2.76. The molecule has 1 aromatic carbocycles. The molecule has 2 rings (SSSR count). The molecule has 23 heavy (non-hydrogen) atoms. The summed E-state index contributed by atoms with van der Waals surface area (Å²) < 4.78 is 12.8. The lowest BCUT2D eigenvalue weighted by atomic mass is 10.2. The molecule has 0 atom stereocenters. The minimum absolute atomic E-state index is 0.0714. The van der Waals surface area contributed by atoms with Crippen molar-refractivity contribution in [2.45, 2.75) is 13.5 Å². The van der Waals surface area contributed by atoms with Crippen LogP contribution < -0.4 is 5.32 Å². The van der Waals surface area contributed by atoms with Crippen LogP contribution in [-0.4, -0.2) is 34.8 Å². The van der Waals surface area contributed by atoms with E-state index in [2.05, 4.69) is 10.3 Å². The highest BCUT2D eigenvalue weighted by Gasteiger charge is 2.10. The minimum atomic E-state index is -0.387. The molecular formula is C17H18FN3O2. The summed E-state index contributed by atoms with van der Waals surface area (Å²) in [5.41, 5.74) is 1.36. The zero-order chi connectivity index (χ0) is 16.7. The Morgan fingerprint density at radius 2 is 1.78 bits per heavy atom. The zero-order valence-electron chi connectivity index (χ0n) is 12.8. The zero-order valence-corrected chi connectivity index (χ0v) is 12.8. The Morgan fingerprint density at radius 1 is 1.13 bits per heavy atom. The van der Waals surface area contributed by atoms with E-state index in [4.69, 9.17) is 0 Å². The van der Waals surface area contributed by atoms with Crippen LogP contribution in [-0.2, 0) is 11.3 Å². The van der Waals surface area contributed by atoms with E-state index in [1.165, 1.54) is 31.2 Å². The molecule has 0 bridgehead atoms. The van der Waals surface area contributed by atoms with Crippen LogP contribution in [0.25, 0.3) is 0 Å². The monoisotopic (exact) mass is 315 g/mol. The molecule has 120 valence electrons. The molecule has 1 N–H and O–H groups in total. The van der Waals surface area contributed by atoms with Crippen molar-refractivity contribution in [2.75, 3.05) is 13.1 Å². The van der Waals surface area contributed by atoms with Gasteiger partial charge >= 0.3 is 0 Å². The molecular weight excluding hydrogens is 297 g/mol. The number of hydrogen-bond donors (Lipinski definition) is 1. The quantitative estimate of drug-likeness (QED) is 0.887. The molecule has 6 heteroatoms. The molecule has 0 radical (unpaired) electrons. The van der Waals surface area contributed by atoms with Crippen molar-refractivity contribution in [1.29, 1.82) is 0 Å². The lowest BCUT2D eigenvalue weighted by molar-refractivity contribution is -0.129. The van der Waals surface area contributed by atoms with Gasteiger partial charge < -0.3 is 10.2 Å². The number of carbonyl (C=O) groups is 2. The molecule has 2 amide bonds. The average Bonchev–Trinajstić information content (AvgIpc) is 2.55. The minimum Gasteiger partial charge on any atom is -0.350 e. The number of nitrogens with one attached hydrogen (secondary N) is 1. The second kappa shape index (κ2) is 8.03. The standard InChI is InChI=1S/C17H18FN3O2/c1-13(22)21(12-14-6-8-19-9-7-14)11-10-20-17(23)15-2-4-16(18)5-3-15/h2-9H,10-12H2,1H3,(H,20,23). The Labute approximate surface area is 134 Å². The summed E-state index contributed by atoms with van der Waals surface area (Å²) >= 11 is 0. The second-order valence-electron chi connectivity index (χ2n) is 5.06. The number of rotatable bonds is 6. The van der Waals surface area contributed by atoms with Gasteiger partial charge in [0, 0.05) is 44.5 Å². The van der Waals surface area contributed by atoms with Crippen molar-refractivity contribution in [1.82, 2.24) is 15.2 Å². The van der Waals surface area contributed by atoms with Gasteiger partial charge in [0.15, 0.2) is 0 Å². The summed E-state index contributed by atoms with van der Waals surface area (Å²) in [6, 6.07) is 9.00. The molecule has 0 aliphatic heterocycles. The highest BCUT2D eigenvalue weighted by molar-refractivity contribution is 5.94. The van der Waals surface area contributed by atoms with Gasteiger partial charge in [0.05, 0.1) is 0 Å². The number of benzene rings is 1. The lowest BCUT2D eigenvalue weighted by Gasteiger charge is -2.21. The predicted molar refractivity (Wildman–Crippen MR) is 84.1 cm³/mol. The number of hydrogen-bond acceptors (Lipinski definition) is 3. The van der Waals surface area contributed by atoms with Gasteiger partial charge in [-0.1, -0.05) is 0 Å². The van der Waals surface area contributed by atoms with Crippen LogP contribution in [0.4, 0.5) is 4.39 Å². The fraction of sp³-hybridized carbons (Fsp3) is 0.235. The fourth-order valence-electron chi connectivity index (χ4n) is 2.06. The lowest BCUT2D eigenvalue weighted by Crippen LogP contribution is -2.37. The van der Waals surface area contributed by atoms with Gasteiger partial charge in [-0.2, -0.15) is 0 Å². The number of amides is 2. The van der Waals surface area contributed by atoms with E-state index < -0.39 is 0 Å². The molecule has 0 saturated carbocycles. The van der Waals surface area contributed by atoms with E-state index in [0.717, 1.165) is 5.56 Å². The summed E-state index contributed by atoms with van der Waals surface area (Å²) in [7, 11) is 0. The van der Waals surface area contributed by atoms with E-state index in [-0.39, 0.29) is 17.6 Å². The predicted octanol–water partition coefficient (Wildman–Crippen LogP) is 2.00. The summed E-state index contributed by atoms with van der Waals surface area (Å²) in [6.45, 7) is 2.67. The van der Waals surface area contributed by atoms with Crippen molar-refractivity contribution in [2.24, 2.45) is 0 Å². The number of pyridine rings is 1. The van der Waals surface area contributed by atoms with E-state index in [1.54, 1.807) is 17.3 Å². The van der Waals surface area contributed by atoms with Gasteiger partial charge in [-0.3, -0.25) is 14.6 Å². The van der Waals surface area contributed by atoms with Gasteiger partial charge in [0.25, 0.3) is 5.91 Å². The van der Waals surface area contributed by atoms with Crippen LogP contribution in [0, 0.1) is 5.82 Å². The molecule has 0 aliphatic rings. The van der Waals surface area contributed by atoms with Gasteiger partial charge in [0.1, 0.15) is 5.82 Å². The van der Waals surface area contributed by atoms with Gasteiger partial charge in [0.2, 0.25) is 5.91 Å². The summed E-state index contributed by atoms with van der Waals surface area (Å²) in [4.78, 5) is 29.2. The Bertz CT molecular complexity index is 659. The second-order valence-corrected chi connectivity index (χ2v) is 5.06.